The van der Waals surface area contributed by atoms with Gasteiger partial charge in [0.2, 0.25) is 5.78 Å². The summed E-state index contributed by atoms with van der Waals surface area (Å²) in [5.74, 6) is 1.59. The standard InChI is InChI=1S/C32H36N2O4/c1-5-33(6-2)25-13-9-23(10-14-25)29-31(35)30(32(29)36)24-11-15-26(16-12-24)34(7-3)21-8-22-38-28-19-17-27(37-4)18-20-28/h9-20H,5-8,21-22H2,1-4H3/p+1. The molecular formula is C32H37N2O4+. The van der Waals surface area contributed by atoms with Gasteiger partial charge in [0.25, 0.3) is 0 Å². The van der Waals surface area contributed by atoms with Crippen molar-refractivity contribution in [1.29, 1.82) is 0 Å². The maximum Gasteiger partial charge on any atom is 0.201 e. The van der Waals surface area contributed by atoms with Crippen molar-refractivity contribution in [2.75, 3.05) is 44.8 Å². The number of benzene rings is 2. The van der Waals surface area contributed by atoms with Crippen LogP contribution in [0.5, 0.6) is 11.5 Å². The minimum Gasteiger partial charge on any atom is -0.506 e. The molecule has 2 aliphatic rings. The molecule has 0 heterocycles. The number of hydrogen-bond acceptors (Lipinski definition) is 5. The molecule has 0 atom stereocenters. The molecule has 0 spiro atoms. The summed E-state index contributed by atoms with van der Waals surface area (Å²) in [5.41, 5.74) is 4.44. The summed E-state index contributed by atoms with van der Waals surface area (Å²) in [5, 5.41) is 10.8. The number of anilines is 1. The second-order valence-electron chi connectivity index (χ2n) is 9.15. The van der Waals surface area contributed by atoms with Crippen molar-refractivity contribution in [3.8, 4) is 11.5 Å². The molecule has 0 saturated heterocycles. The molecule has 198 valence electrons. The fraction of sp³-hybridized carbons (Fsp3) is 0.312. The highest BCUT2D eigenvalue weighted by Gasteiger charge is 2.36. The third-order valence-electron chi connectivity index (χ3n) is 7.02. The molecule has 0 fully saturated rings. The maximum absolute atomic E-state index is 13.0. The van der Waals surface area contributed by atoms with E-state index < -0.39 is 0 Å². The molecule has 0 amide bonds. The molecule has 0 radical (unpaired) electrons. The van der Waals surface area contributed by atoms with Gasteiger partial charge in [0.15, 0.2) is 5.71 Å². The van der Waals surface area contributed by atoms with Gasteiger partial charge in [-0.15, -0.1) is 0 Å². The number of ketones is 1. The monoisotopic (exact) mass is 513 g/mol. The lowest BCUT2D eigenvalue weighted by Crippen LogP contribution is -2.25. The summed E-state index contributed by atoms with van der Waals surface area (Å²) < 4.78 is 13.3. The molecule has 0 bridgehead atoms. The first-order valence-corrected chi connectivity index (χ1v) is 13.3. The van der Waals surface area contributed by atoms with E-state index in [1.165, 1.54) is 0 Å². The summed E-state index contributed by atoms with van der Waals surface area (Å²) in [6.07, 6.45) is 8.71. The van der Waals surface area contributed by atoms with E-state index >= 15 is 0 Å². The summed E-state index contributed by atoms with van der Waals surface area (Å²) in [7, 11) is 1.65. The molecular weight excluding hydrogens is 476 g/mol. The number of carbonyl (C=O) groups is 1. The number of rotatable bonds is 11. The number of methoxy groups -OCH3 is 1. The third kappa shape index (κ3) is 5.75. The Balaban J connectivity index is 1.40. The quantitative estimate of drug-likeness (QED) is 0.235. The number of aliphatic hydroxyl groups excluding tert-OH is 1. The summed E-state index contributed by atoms with van der Waals surface area (Å²) >= 11 is 0. The van der Waals surface area contributed by atoms with Crippen LogP contribution < -0.4 is 14.4 Å². The van der Waals surface area contributed by atoms with Gasteiger partial charge in [-0.1, -0.05) is 12.1 Å². The van der Waals surface area contributed by atoms with Gasteiger partial charge in [0.1, 0.15) is 30.3 Å². The van der Waals surface area contributed by atoms with Gasteiger partial charge in [-0.05, 0) is 80.5 Å². The Labute approximate surface area is 225 Å². The second kappa shape index (κ2) is 12.5. The average molecular weight is 514 g/mol. The Morgan fingerprint density at radius 2 is 1.47 bits per heavy atom. The Morgan fingerprint density at radius 1 is 0.842 bits per heavy atom. The van der Waals surface area contributed by atoms with Crippen molar-refractivity contribution < 1.29 is 24.0 Å². The van der Waals surface area contributed by atoms with Crippen molar-refractivity contribution >= 4 is 22.8 Å². The topological polar surface area (TPSA) is 62.0 Å². The molecule has 0 aliphatic heterocycles. The molecule has 6 heteroatoms. The van der Waals surface area contributed by atoms with Gasteiger partial charge in [-0.25, -0.2) is 4.58 Å². The SMILES string of the molecule is CCN(CC)c1ccc(C2=C(O)C(=C3C=CC(=[N+](CC)CCCOc4ccc(OC)cc4)C=C3)C2=O)cc1. The summed E-state index contributed by atoms with van der Waals surface area (Å²) in [4.78, 5) is 15.3. The zero-order chi connectivity index (χ0) is 27.1. The van der Waals surface area contributed by atoms with E-state index in [0.29, 0.717) is 17.8 Å². The number of nitrogens with zero attached hydrogens (tertiary/aromatic N) is 2. The normalized spacial score (nSPS) is 14.6. The van der Waals surface area contributed by atoms with E-state index in [-0.39, 0.29) is 11.5 Å². The van der Waals surface area contributed by atoms with Crippen molar-refractivity contribution in [3.63, 3.8) is 0 Å². The predicted molar refractivity (Wildman–Crippen MR) is 154 cm³/mol. The molecule has 0 aromatic heterocycles. The first kappa shape index (κ1) is 27.0. The first-order valence-electron chi connectivity index (χ1n) is 13.3. The smallest absolute Gasteiger partial charge is 0.201 e. The van der Waals surface area contributed by atoms with Crippen LogP contribution in [0, 0.1) is 0 Å². The molecule has 1 N–H and O–H groups in total. The van der Waals surface area contributed by atoms with Crippen molar-refractivity contribution in [2.45, 2.75) is 27.2 Å². The third-order valence-corrected chi connectivity index (χ3v) is 7.02. The maximum atomic E-state index is 13.0. The lowest BCUT2D eigenvalue weighted by atomic mass is 9.80. The summed E-state index contributed by atoms with van der Waals surface area (Å²) in [6, 6.07) is 15.4. The lowest BCUT2D eigenvalue weighted by Gasteiger charge is -2.25. The van der Waals surface area contributed by atoms with Crippen LogP contribution in [-0.2, 0) is 4.79 Å². The zero-order valence-corrected chi connectivity index (χ0v) is 22.7. The Kier molecular flexibility index (Phi) is 8.85. The number of hydrogen-bond donors (Lipinski definition) is 1. The molecule has 38 heavy (non-hydrogen) atoms. The highest BCUT2D eigenvalue weighted by Crippen LogP contribution is 2.39. The van der Waals surface area contributed by atoms with Gasteiger partial charge in [0.05, 0.1) is 24.9 Å². The van der Waals surface area contributed by atoms with Crippen molar-refractivity contribution in [1.82, 2.24) is 0 Å². The first-order chi connectivity index (χ1) is 18.5. The number of allylic oxidation sites excluding steroid dienone is 7. The highest BCUT2D eigenvalue weighted by molar-refractivity contribution is 6.39. The minimum absolute atomic E-state index is 0.0707. The lowest BCUT2D eigenvalue weighted by molar-refractivity contribution is -0.523. The van der Waals surface area contributed by atoms with Gasteiger partial charge >= 0.3 is 0 Å². The second-order valence-corrected chi connectivity index (χ2v) is 9.15. The van der Waals surface area contributed by atoms with Gasteiger partial charge < -0.3 is 19.5 Å². The molecule has 0 unspecified atom stereocenters. The molecule has 2 aromatic carbocycles. The molecule has 4 rings (SSSR count). The van der Waals surface area contributed by atoms with Crippen molar-refractivity contribution in [2.24, 2.45) is 0 Å². The number of aliphatic hydroxyl groups is 1. The number of carbonyl (C=O) groups excluding carboxylic acids is 1. The number of ether oxygens (including phenoxy) is 2. The molecule has 2 aliphatic carbocycles. The number of Topliss-reactive ketones (excluding diaryl/α,β-unsaturated/α-hetero) is 1. The molecule has 0 saturated carbocycles. The fourth-order valence-electron chi connectivity index (χ4n) is 4.79. The predicted octanol–water partition coefficient (Wildman–Crippen LogP) is 5.76. The van der Waals surface area contributed by atoms with E-state index in [4.69, 9.17) is 9.47 Å². The molecule has 2 aromatic rings. The van der Waals surface area contributed by atoms with Crippen LogP contribution in [0.3, 0.4) is 0 Å². The Bertz CT molecular complexity index is 1290. The zero-order valence-electron chi connectivity index (χ0n) is 22.7. The van der Waals surface area contributed by atoms with E-state index in [9.17, 15) is 9.90 Å². The van der Waals surface area contributed by atoms with Gasteiger partial charge in [0, 0.05) is 37.3 Å². The fourth-order valence-corrected chi connectivity index (χ4v) is 4.79. The van der Waals surface area contributed by atoms with Crippen LogP contribution in [0.2, 0.25) is 0 Å². The van der Waals surface area contributed by atoms with Crippen LogP contribution >= 0.6 is 0 Å². The van der Waals surface area contributed by atoms with E-state index in [0.717, 1.165) is 66.6 Å². The van der Waals surface area contributed by atoms with Crippen LogP contribution in [0.15, 0.2) is 89.7 Å². The Hall–Kier alpha value is -4.06. The average Bonchev–Trinajstić information content (AvgIpc) is 2.95. The van der Waals surface area contributed by atoms with Crippen molar-refractivity contribution in [3.05, 3.63) is 95.3 Å². The van der Waals surface area contributed by atoms with E-state index in [2.05, 4.69) is 30.2 Å². The van der Waals surface area contributed by atoms with E-state index in [1.807, 2.05) is 72.8 Å². The largest absolute Gasteiger partial charge is 0.506 e. The highest BCUT2D eigenvalue weighted by atomic mass is 16.5. The Morgan fingerprint density at radius 3 is 2.03 bits per heavy atom. The van der Waals surface area contributed by atoms with Gasteiger partial charge in [-0.2, -0.15) is 0 Å². The van der Waals surface area contributed by atoms with Crippen LogP contribution in [0.25, 0.3) is 5.57 Å². The summed E-state index contributed by atoms with van der Waals surface area (Å²) in [6.45, 7) is 10.5. The molecule has 6 nitrogen and oxygen atoms in total. The minimum atomic E-state index is -0.117. The van der Waals surface area contributed by atoms with Crippen LogP contribution in [0.4, 0.5) is 5.69 Å². The van der Waals surface area contributed by atoms with Crippen LogP contribution in [0.1, 0.15) is 32.8 Å². The van der Waals surface area contributed by atoms with E-state index in [1.54, 1.807) is 7.11 Å². The van der Waals surface area contributed by atoms with Crippen LogP contribution in [-0.4, -0.2) is 61.1 Å². The van der Waals surface area contributed by atoms with Gasteiger partial charge in [-0.3, -0.25) is 4.79 Å².